The molecule has 1 aromatic rings. The molecule has 0 N–H and O–H groups in total. The lowest BCUT2D eigenvalue weighted by molar-refractivity contribution is 0.0879. The highest BCUT2D eigenvalue weighted by Crippen LogP contribution is 2.55. The van der Waals surface area contributed by atoms with Gasteiger partial charge in [-0.05, 0) is 37.3 Å². The highest BCUT2D eigenvalue weighted by molar-refractivity contribution is 9.10. The van der Waals surface area contributed by atoms with E-state index in [2.05, 4.69) is 22.0 Å². The van der Waals surface area contributed by atoms with Crippen LogP contribution in [0.5, 0.6) is 0 Å². The summed E-state index contributed by atoms with van der Waals surface area (Å²) < 4.78 is 0.978. The van der Waals surface area contributed by atoms with E-state index < -0.39 is 0 Å². The molecule has 0 unspecified atom stereocenters. The first-order valence-corrected chi connectivity index (χ1v) is 5.84. The Labute approximate surface area is 91.6 Å². The average molecular weight is 251 g/mol. The van der Waals surface area contributed by atoms with E-state index in [1.54, 1.807) is 0 Å². The quantitative estimate of drug-likeness (QED) is 0.691. The van der Waals surface area contributed by atoms with Crippen LogP contribution in [0.25, 0.3) is 0 Å². The van der Waals surface area contributed by atoms with Gasteiger partial charge in [0.05, 0.1) is 0 Å². The molecule has 0 bridgehead atoms. The van der Waals surface area contributed by atoms with Gasteiger partial charge in [-0.15, -0.1) is 0 Å². The minimum Gasteiger partial charge on any atom is -0.294 e. The molecule has 14 heavy (non-hydrogen) atoms. The van der Waals surface area contributed by atoms with Crippen LogP contribution in [-0.2, 0) is 6.42 Å². The molecule has 0 saturated heterocycles. The molecular formula is C12H11BrO. The van der Waals surface area contributed by atoms with Crippen molar-refractivity contribution in [2.24, 2.45) is 5.41 Å². The third-order valence-corrected chi connectivity index (χ3v) is 4.20. The Morgan fingerprint density at radius 1 is 1.21 bits per heavy atom. The summed E-state index contributed by atoms with van der Waals surface area (Å²) in [5.74, 6) is 0.381. The number of hydrogen-bond donors (Lipinski definition) is 0. The van der Waals surface area contributed by atoms with Crippen molar-refractivity contribution < 1.29 is 4.79 Å². The summed E-state index contributed by atoms with van der Waals surface area (Å²) in [6.07, 6.45) is 4.34. The van der Waals surface area contributed by atoms with Crippen molar-refractivity contribution in [3.05, 3.63) is 33.8 Å². The third kappa shape index (κ3) is 1.04. The first kappa shape index (κ1) is 8.66. The van der Waals surface area contributed by atoms with E-state index in [0.29, 0.717) is 5.78 Å². The highest BCUT2D eigenvalue weighted by Gasteiger charge is 2.52. The number of aryl methyl sites for hydroxylation is 1. The molecule has 72 valence electrons. The summed E-state index contributed by atoms with van der Waals surface area (Å²) in [4.78, 5) is 12.2. The second kappa shape index (κ2) is 2.69. The number of fused-ring (bicyclic) bond motifs is 1. The molecule has 2 aliphatic rings. The second-order valence-corrected chi connectivity index (χ2v) is 5.24. The highest BCUT2D eigenvalue weighted by atomic mass is 79.9. The van der Waals surface area contributed by atoms with Gasteiger partial charge < -0.3 is 0 Å². The molecule has 0 atom stereocenters. The van der Waals surface area contributed by atoms with Crippen LogP contribution >= 0.6 is 15.9 Å². The summed E-state index contributed by atoms with van der Waals surface area (Å²) >= 11 is 3.48. The molecule has 1 saturated carbocycles. The largest absolute Gasteiger partial charge is 0.294 e. The van der Waals surface area contributed by atoms with Crippen LogP contribution in [0, 0.1) is 5.41 Å². The van der Waals surface area contributed by atoms with Gasteiger partial charge in [0.15, 0.2) is 5.78 Å². The van der Waals surface area contributed by atoms with E-state index in [1.165, 1.54) is 5.56 Å². The molecule has 0 radical (unpaired) electrons. The van der Waals surface area contributed by atoms with Crippen LogP contribution in [0.1, 0.15) is 35.2 Å². The Morgan fingerprint density at radius 2 is 2.00 bits per heavy atom. The van der Waals surface area contributed by atoms with Crippen LogP contribution in [0.15, 0.2) is 22.7 Å². The average Bonchev–Trinajstić information content (AvgIpc) is 2.93. The van der Waals surface area contributed by atoms with Crippen LogP contribution in [0.3, 0.4) is 0 Å². The van der Waals surface area contributed by atoms with Crippen LogP contribution in [0.2, 0.25) is 0 Å². The predicted molar refractivity (Wildman–Crippen MR) is 58.5 cm³/mol. The van der Waals surface area contributed by atoms with E-state index in [0.717, 1.165) is 35.7 Å². The number of carbonyl (C=O) groups is 1. The van der Waals surface area contributed by atoms with Crippen LogP contribution < -0.4 is 0 Å². The van der Waals surface area contributed by atoms with Crippen molar-refractivity contribution in [3.63, 3.8) is 0 Å². The molecule has 1 fully saturated rings. The van der Waals surface area contributed by atoms with Gasteiger partial charge in [-0.25, -0.2) is 0 Å². The van der Waals surface area contributed by atoms with Gasteiger partial charge in [0.1, 0.15) is 0 Å². The molecule has 0 amide bonds. The molecule has 2 heteroatoms. The molecule has 2 aliphatic carbocycles. The van der Waals surface area contributed by atoms with Gasteiger partial charge in [-0.1, -0.05) is 28.1 Å². The smallest absolute Gasteiger partial charge is 0.170 e. The standard InChI is InChI=1S/C12H11BrO/c13-9-3-1-2-8-4-5-12(6-7-12)11(14)10(8)9/h1-3H,4-7H2. The molecular weight excluding hydrogens is 240 g/mol. The van der Waals surface area contributed by atoms with Gasteiger partial charge in [-0.3, -0.25) is 4.79 Å². The van der Waals surface area contributed by atoms with Gasteiger partial charge >= 0.3 is 0 Å². The lowest BCUT2D eigenvalue weighted by Gasteiger charge is -2.23. The number of halogens is 1. The van der Waals surface area contributed by atoms with Crippen molar-refractivity contribution in [1.29, 1.82) is 0 Å². The molecule has 1 aromatic carbocycles. The van der Waals surface area contributed by atoms with E-state index in [4.69, 9.17) is 0 Å². The van der Waals surface area contributed by atoms with Gasteiger partial charge in [0.25, 0.3) is 0 Å². The monoisotopic (exact) mass is 250 g/mol. The molecule has 0 aliphatic heterocycles. The SMILES string of the molecule is O=C1c2c(Br)cccc2CCC12CC2. The van der Waals surface area contributed by atoms with Crippen molar-refractivity contribution in [1.82, 2.24) is 0 Å². The van der Waals surface area contributed by atoms with Crippen LogP contribution in [0.4, 0.5) is 0 Å². The lowest BCUT2D eigenvalue weighted by Crippen LogP contribution is -2.24. The second-order valence-electron chi connectivity index (χ2n) is 4.38. The van der Waals surface area contributed by atoms with E-state index >= 15 is 0 Å². The molecule has 3 rings (SSSR count). The number of Topliss-reactive ketones (excluding diaryl/α,β-unsaturated/α-hetero) is 1. The minimum atomic E-state index is 0.0525. The zero-order valence-electron chi connectivity index (χ0n) is 7.85. The van der Waals surface area contributed by atoms with Crippen LogP contribution in [-0.4, -0.2) is 5.78 Å². The maximum absolute atomic E-state index is 12.2. The van der Waals surface area contributed by atoms with Gasteiger partial charge in [0.2, 0.25) is 0 Å². The molecule has 1 nitrogen and oxygen atoms in total. The van der Waals surface area contributed by atoms with Gasteiger partial charge in [0, 0.05) is 15.5 Å². The Morgan fingerprint density at radius 3 is 2.71 bits per heavy atom. The molecule has 0 heterocycles. The maximum Gasteiger partial charge on any atom is 0.170 e. The van der Waals surface area contributed by atoms with E-state index in [1.807, 2.05) is 12.1 Å². The normalized spacial score (nSPS) is 22.2. The Bertz CT molecular complexity index is 418. The molecule has 1 spiro atoms. The maximum atomic E-state index is 12.2. The fourth-order valence-corrected chi connectivity index (χ4v) is 3.00. The van der Waals surface area contributed by atoms with Crippen molar-refractivity contribution in [2.45, 2.75) is 25.7 Å². The first-order valence-electron chi connectivity index (χ1n) is 5.05. The topological polar surface area (TPSA) is 17.1 Å². The van der Waals surface area contributed by atoms with Gasteiger partial charge in [-0.2, -0.15) is 0 Å². The summed E-state index contributed by atoms with van der Waals surface area (Å²) in [5.41, 5.74) is 2.23. The first-order chi connectivity index (χ1) is 6.73. The number of rotatable bonds is 0. The summed E-state index contributed by atoms with van der Waals surface area (Å²) in [6, 6.07) is 6.06. The Balaban J connectivity index is 2.18. The number of carbonyl (C=O) groups excluding carboxylic acids is 1. The zero-order valence-corrected chi connectivity index (χ0v) is 9.43. The Hall–Kier alpha value is -0.630. The zero-order chi connectivity index (χ0) is 9.76. The van der Waals surface area contributed by atoms with Crippen molar-refractivity contribution in [3.8, 4) is 0 Å². The summed E-state index contributed by atoms with van der Waals surface area (Å²) in [6.45, 7) is 0. The molecule has 0 aromatic heterocycles. The minimum absolute atomic E-state index is 0.0525. The van der Waals surface area contributed by atoms with Crippen molar-refractivity contribution in [2.75, 3.05) is 0 Å². The number of ketones is 1. The van der Waals surface area contributed by atoms with E-state index in [-0.39, 0.29) is 5.41 Å². The van der Waals surface area contributed by atoms with Crippen molar-refractivity contribution >= 4 is 21.7 Å². The number of benzene rings is 1. The third-order valence-electron chi connectivity index (χ3n) is 3.54. The lowest BCUT2D eigenvalue weighted by atomic mass is 9.80. The predicted octanol–water partition coefficient (Wildman–Crippen LogP) is 3.36. The Kier molecular flexibility index (Phi) is 1.67. The summed E-state index contributed by atoms with van der Waals surface area (Å²) in [7, 11) is 0. The fraction of sp³-hybridized carbons (Fsp3) is 0.417. The van der Waals surface area contributed by atoms with E-state index in [9.17, 15) is 4.79 Å². The summed E-state index contributed by atoms with van der Waals surface area (Å²) in [5, 5.41) is 0. The fourth-order valence-electron chi connectivity index (χ4n) is 2.41. The number of hydrogen-bond acceptors (Lipinski definition) is 1.